The Morgan fingerprint density at radius 1 is 1.12 bits per heavy atom. The maximum atomic E-state index is 12.3. The topological polar surface area (TPSA) is 38.3 Å². The van der Waals surface area contributed by atoms with E-state index in [2.05, 4.69) is 17.5 Å². The summed E-state index contributed by atoms with van der Waals surface area (Å²) in [5.41, 5.74) is 3.27. The van der Waals surface area contributed by atoms with Crippen LogP contribution in [0.4, 0.5) is 5.69 Å². The van der Waals surface area contributed by atoms with Gasteiger partial charge in [0.2, 0.25) is 0 Å². The number of fused-ring (bicyclic) bond motifs is 3. The minimum Gasteiger partial charge on any atom is -0.465 e. The third-order valence-electron chi connectivity index (χ3n) is 5.18. The van der Waals surface area contributed by atoms with Crippen LogP contribution in [0.15, 0.2) is 42.5 Å². The van der Waals surface area contributed by atoms with Gasteiger partial charge in [-0.25, -0.2) is 4.79 Å². The van der Waals surface area contributed by atoms with E-state index in [0.717, 1.165) is 23.2 Å². The molecule has 0 bridgehead atoms. The molecule has 0 fully saturated rings. The van der Waals surface area contributed by atoms with Crippen LogP contribution < -0.4 is 5.32 Å². The zero-order valence-electron chi connectivity index (χ0n) is 13.9. The molecule has 1 aliphatic heterocycles. The fourth-order valence-corrected chi connectivity index (χ4v) is 4.52. The largest absolute Gasteiger partial charge is 0.465 e. The number of rotatable bonds is 2. The van der Waals surface area contributed by atoms with Crippen molar-refractivity contribution in [1.82, 2.24) is 0 Å². The maximum absolute atomic E-state index is 12.3. The van der Waals surface area contributed by atoms with Gasteiger partial charge in [0.15, 0.2) is 0 Å². The van der Waals surface area contributed by atoms with E-state index in [1.165, 1.54) is 7.11 Å². The first-order valence-corrected chi connectivity index (χ1v) is 9.43. The summed E-state index contributed by atoms with van der Waals surface area (Å²) in [7, 11) is 1.39. The molecule has 4 rings (SSSR count). The van der Waals surface area contributed by atoms with Crippen molar-refractivity contribution in [3.05, 3.63) is 74.2 Å². The second kappa shape index (κ2) is 6.80. The second-order valence-corrected chi connectivity index (χ2v) is 7.75. The molecule has 0 amide bonds. The van der Waals surface area contributed by atoms with Crippen LogP contribution in [0, 0.1) is 5.92 Å². The van der Waals surface area contributed by atoms with Gasteiger partial charge in [-0.05, 0) is 47.7 Å². The van der Waals surface area contributed by atoms with E-state index >= 15 is 0 Å². The first kappa shape index (κ1) is 17.7. The average molecular weight is 409 g/mol. The Kier molecular flexibility index (Phi) is 4.64. The Labute approximate surface area is 166 Å². The zero-order chi connectivity index (χ0) is 18.4. The summed E-state index contributed by atoms with van der Waals surface area (Å²) in [5, 5.41) is 5.17. The molecule has 0 saturated heterocycles. The normalized spacial score (nSPS) is 23.2. The van der Waals surface area contributed by atoms with Crippen LogP contribution in [-0.4, -0.2) is 13.1 Å². The first-order chi connectivity index (χ1) is 12.5. The van der Waals surface area contributed by atoms with E-state index in [4.69, 9.17) is 39.5 Å². The zero-order valence-corrected chi connectivity index (χ0v) is 16.2. The van der Waals surface area contributed by atoms with E-state index in [1.54, 1.807) is 18.2 Å². The summed E-state index contributed by atoms with van der Waals surface area (Å²) in [6, 6.07) is 9.15. The number of nitrogens with one attached hydrogen (secondary N) is 1. The molecule has 1 aliphatic carbocycles. The van der Waals surface area contributed by atoms with E-state index in [0.29, 0.717) is 20.6 Å². The smallest absolute Gasteiger partial charge is 0.338 e. The fraction of sp³-hybridized carbons (Fsp3) is 0.250. The fourth-order valence-electron chi connectivity index (χ4n) is 4.00. The molecule has 1 N–H and O–H groups in total. The standard InChI is InChI=1S/C20H16Cl3NO2/c1-26-20(25)13-6-8-15(22)19-17(13)11-3-2-4-12(11)18(24-19)10-5-7-14(21)16(23)9-10/h2-3,5-9,11-12,18,24H,4H2,1H3/t11-,12+,18-/m1/s1. The molecule has 0 aromatic heterocycles. The summed E-state index contributed by atoms with van der Waals surface area (Å²) < 4.78 is 4.97. The number of anilines is 1. The van der Waals surface area contributed by atoms with E-state index in [1.807, 2.05) is 12.1 Å². The number of benzene rings is 2. The van der Waals surface area contributed by atoms with E-state index in [-0.39, 0.29) is 23.8 Å². The molecule has 2 aromatic carbocycles. The van der Waals surface area contributed by atoms with Gasteiger partial charge in [0.05, 0.1) is 39.5 Å². The van der Waals surface area contributed by atoms with Crippen molar-refractivity contribution in [3.8, 4) is 0 Å². The molecule has 0 radical (unpaired) electrons. The van der Waals surface area contributed by atoms with Crippen molar-refractivity contribution in [2.45, 2.75) is 18.4 Å². The Bertz CT molecular complexity index is 926. The molecule has 3 nitrogen and oxygen atoms in total. The lowest BCUT2D eigenvalue weighted by molar-refractivity contribution is 0.0598. The van der Waals surface area contributed by atoms with Crippen molar-refractivity contribution in [2.24, 2.45) is 5.92 Å². The summed E-state index contributed by atoms with van der Waals surface area (Å²) in [5.74, 6) is -0.0214. The number of carbonyl (C=O) groups excluding carboxylic acids is 1. The summed E-state index contributed by atoms with van der Waals surface area (Å²) in [6.07, 6.45) is 5.20. The van der Waals surface area contributed by atoms with Gasteiger partial charge in [0, 0.05) is 5.92 Å². The van der Waals surface area contributed by atoms with Gasteiger partial charge in [-0.1, -0.05) is 53.0 Å². The third-order valence-corrected chi connectivity index (χ3v) is 6.23. The first-order valence-electron chi connectivity index (χ1n) is 8.30. The molecule has 134 valence electrons. The highest BCUT2D eigenvalue weighted by atomic mass is 35.5. The number of hydrogen-bond donors (Lipinski definition) is 1. The Morgan fingerprint density at radius 3 is 2.62 bits per heavy atom. The van der Waals surface area contributed by atoms with Crippen molar-refractivity contribution in [3.63, 3.8) is 0 Å². The highest BCUT2D eigenvalue weighted by Crippen LogP contribution is 2.53. The molecule has 1 heterocycles. The summed E-state index contributed by atoms with van der Waals surface area (Å²) in [6.45, 7) is 0. The lowest BCUT2D eigenvalue weighted by Crippen LogP contribution is -2.30. The highest BCUT2D eigenvalue weighted by Gasteiger charge is 2.41. The molecular formula is C20H16Cl3NO2. The van der Waals surface area contributed by atoms with Gasteiger partial charge in [-0.15, -0.1) is 0 Å². The number of esters is 1. The van der Waals surface area contributed by atoms with E-state index < -0.39 is 0 Å². The highest BCUT2D eigenvalue weighted by molar-refractivity contribution is 6.42. The predicted octanol–water partition coefficient (Wildman–Crippen LogP) is 6.26. The quantitative estimate of drug-likeness (QED) is 0.471. The van der Waals surface area contributed by atoms with Crippen molar-refractivity contribution in [1.29, 1.82) is 0 Å². The Balaban J connectivity index is 1.86. The Morgan fingerprint density at radius 2 is 1.88 bits per heavy atom. The minimum atomic E-state index is -0.355. The lowest BCUT2D eigenvalue weighted by atomic mass is 9.75. The molecule has 0 unspecified atom stereocenters. The van der Waals surface area contributed by atoms with Gasteiger partial charge < -0.3 is 10.1 Å². The summed E-state index contributed by atoms with van der Waals surface area (Å²) in [4.78, 5) is 12.3. The number of ether oxygens (including phenoxy) is 1. The molecule has 0 saturated carbocycles. The number of halogens is 3. The van der Waals surface area contributed by atoms with Crippen molar-refractivity contribution in [2.75, 3.05) is 12.4 Å². The molecule has 6 heteroatoms. The molecule has 3 atom stereocenters. The van der Waals surface area contributed by atoms with Crippen LogP contribution in [0.25, 0.3) is 0 Å². The van der Waals surface area contributed by atoms with Crippen LogP contribution >= 0.6 is 34.8 Å². The number of hydrogen-bond acceptors (Lipinski definition) is 3. The van der Waals surface area contributed by atoms with Gasteiger partial charge in [-0.2, -0.15) is 0 Å². The monoisotopic (exact) mass is 407 g/mol. The predicted molar refractivity (Wildman–Crippen MR) is 106 cm³/mol. The lowest BCUT2D eigenvalue weighted by Gasteiger charge is -2.38. The van der Waals surface area contributed by atoms with Crippen LogP contribution in [-0.2, 0) is 4.74 Å². The van der Waals surface area contributed by atoms with Crippen LogP contribution in [0.1, 0.15) is 39.9 Å². The number of carbonyl (C=O) groups is 1. The van der Waals surface area contributed by atoms with Gasteiger partial charge >= 0.3 is 5.97 Å². The van der Waals surface area contributed by atoms with Crippen molar-refractivity contribution >= 4 is 46.5 Å². The minimum absolute atomic E-state index is 0.0164. The second-order valence-electron chi connectivity index (χ2n) is 6.52. The average Bonchev–Trinajstić information content (AvgIpc) is 3.13. The SMILES string of the molecule is COC(=O)c1ccc(Cl)c2c1[C@@H]1C=CC[C@@H]1[C@@H](c1ccc(Cl)c(Cl)c1)N2. The Hall–Kier alpha value is -1.68. The van der Waals surface area contributed by atoms with Crippen LogP contribution in [0.3, 0.4) is 0 Å². The molecule has 0 spiro atoms. The van der Waals surface area contributed by atoms with Crippen molar-refractivity contribution < 1.29 is 9.53 Å². The number of methoxy groups -OCH3 is 1. The van der Waals surface area contributed by atoms with Crippen LogP contribution in [0.2, 0.25) is 15.1 Å². The number of allylic oxidation sites excluding steroid dienone is 2. The molecule has 2 aromatic rings. The van der Waals surface area contributed by atoms with Gasteiger partial charge in [-0.3, -0.25) is 0 Å². The third kappa shape index (κ3) is 2.79. The molecular weight excluding hydrogens is 393 g/mol. The maximum Gasteiger partial charge on any atom is 0.338 e. The van der Waals surface area contributed by atoms with Gasteiger partial charge in [0.25, 0.3) is 0 Å². The van der Waals surface area contributed by atoms with E-state index in [9.17, 15) is 4.79 Å². The van der Waals surface area contributed by atoms with Gasteiger partial charge in [0.1, 0.15) is 0 Å². The van der Waals surface area contributed by atoms with Crippen LogP contribution in [0.5, 0.6) is 0 Å². The molecule has 26 heavy (non-hydrogen) atoms. The molecule has 2 aliphatic rings. The summed E-state index contributed by atoms with van der Waals surface area (Å²) >= 11 is 18.8.